The second-order valence-electron chi connectivity index (χ2n) is 11.0. The zero-order valence-electron chi connectivity index (χ0n) is 23.6. The number of nitrogens with zero attached hydrogens (tertiary/aromatic N) is 2. The average Bonchev–Trinajstić information content (AvgIpc) is 3.11. The fourth-order valence-electron chi connectivity index (χ4n) is 5.51. The van der Waals surface area contributed by atoms with Gasteiger partial charge in [-0.2, -0.15) is 0 Å². The molecule has 0 aromatic heterocycles. The first-order valence-electron chi connectivity index (χ1n) is 14.2. The number of carbonyl (C=O) groups excluding carboxylic acids is 6. The van der Waals surface area contributed by atoms with Crippen LogP contribution < -0.4 is 11.1 Å². The third-order valence-electron chi connectivity index (χ3n) is 7.70. The largest absolute Gasteiger partial charge is 0.454 e. The van der Waals surface area contributed by atoms with Crippen molar-refractivity contribution in [1.82, 2.24) is 15.3 Å². The Morgan fingerprint density at radius 3 is 2.29 bits per heavy atom. The molecule has 2 aliphatic heterocycles. The zero-order valence-corrected chi connectivity index (χ0v) is 23.6. The topological polar surface area (TPSA) is 156 Å². The Balaban J connectivity index is 1.33. The number of hydrogen-bond acceptors (Lipinski definition) is 7. The maximum absolute atomic E-state index is 13.5. The van der Waals surface area contributed by atoms with Gasteiger partial charge >= 0.3 is 5.97 Å². The number of fused-ring (bicyclic) bond motifs is 1. The van der Waals surface area contributed by atoms with Crippen molar-refractivity contribution in [3.05, 3.63) is 71.8 Å². The molecule has 4 amide bonds. The Bertz CT molecular complexity index is 1320. The van der Waals surface area contributed by atoms with Crippen LogP contribution in [0.3, 0.4) is 0 Å². The highest BCUT2D eigenvalue weighted by molar-refractivity contribution is 5.99. The van der Waals surface area contributed by atoms with Gasteiger partial charge in [0, 0.05) is 24.9 Å². The maximum atomic E-state index is 13.5. The molecule has 42 heavy (non-hydrogen) atoms. The number of ether oxygens (including phenoxy) is 1. The van der Waals surface area contributed by atoms with Crippen LogP contribution in [0, 0.1) is 11.8 Å². The molecular formula is C31H36N4O7. The van der Waals surface area contributed by atoms with E-state index >= 15 is 0 Å². The number of amides is 4. The van der Waals surface area contributed by atoms with Crippen molar-refractivity contribution in [2.24, 2.45) is 17.6 Å². The lowest BCUT2D eigenvalue weighted by molar-refractivity contribution is -0.179. The highest BCUT2D eigenvalue weighted by Gasteiger charge is 2.46. The third kappa shape index (κ3) is 7.59. The molecule has 0 spiro atoms. The summed E-state index contributed by atoms with van der Waals surface area (Å²) in [7, 11) is 0. The summed E-state index contributed by atoms with van der Waals surface area (Å²) in [4.78, 5) is 76.3. The Labute approximate surface area is 244 Å². The zero-order chi connectivity index (χ0) is 30.2. The molecule has 2 aliphatic rings. The smallest absolute Gasteiger partial charge is 0.338 e. The van der Waals surface area contributed by atoms with Crippen LogP contribution in [0.5, 0.6) is 0 Å². The van der Waals surface area contributed by atoms with E-state index < -0.39 is 35.8 Å². The molecular weight excluding hydrogens is 540 g/mol. The molecule has 222 valence electrons. The molecule has 4 rings (SSSR count). The lowest BCUT2D eigenvalue weighted by Crippen LogP contribution is -2.65. The number of Topliss-reactive ketones (excluding diaryl/α,β-unsaturated/α-hetero) is 1. The van der Waals surface area contributed by atoms with Crippen LogP contribution in [0.2, 0.25) is 0 Å². The van der Waals surface area contributed by atoms with Crippen molar-refractivity contribution in [2.75, 3.05) is 13.2 Å². The van der Waals surface area contributed by atoms with Gasteiger partial charge in [0.25, 0.3) is 11.8 Å². The van der Waals surface area contributed by atoms with Gasteiger partial charge < -0.3 is 15.8 Å². The van der Waals surface area contributed by atoms with Crippen LogP contribution in [0.25, 0.3) is 0 Å². The Kier molecular flexibility index (Phi) is 10.1. The van der Waals surface area contributed by atoms with Crippen LogP contribution in [-0.4, -0.2) is 70.6 Å². The molecule has 2 unspecified atom stereocenters. The van der Waals surface area contributed by atoms with E-state index in [1.165, 1.54) is 5.01 Å². The van der Waals surface area contributed by atoms with Crippen LogP contribution in [0.1, 0.15) is 66.2 Å². The van der Waals surface area contributed by atoms with E-state index in [9.17, 15) is 28.8 Å². The highest BCUT2D eigenvalue weighted by atomic mass is 16.5. The predicted octanol–water partition coefficient (Wildman–Crippen LogP) is 2.26. The molecule has 2 heterocycles. The summed E-state index contributed by atoms with van der Waals surface area (Å²) in [5.41, 5.74) is 6.47. The molecule has 2 saturated heterocycles. The number of primary amides is 1. The second-order valence-corrected chi connectivity index (χ2v) is 11.0. The van der Waals surface area contributed by atoms with Gasteiger partial charge in [0.15, 0.2) is 5.78 Å². The Morgan fingerprint density at radius 2 is 1.64 bits per heavy atom. The minimum absolute atomic E-state index is 0.0198. The molecule has 2 fully saturated rings. The SMILES string of the molecule is CC(CCC(=O)COC(=O)c1ccccc1)CC1C[C@@H](C(N)=O)N2C(=O)[C@@H](NC(=O)c3ccccc3)CCC(=O)N2C1. The van der Waals surface area contributed by atoms with Gasteiger partial charge in [0.1, 0.15) is 18.7 Å². The lowest BCUT2D eigenvalue weighted by Gasteiger charge is -2.46. The monoisotopic (exact) mass is 576 g/mol. The molecule has 4 atom stereocenters. The molecule has 11 nitrogen and oxygen atoms in total. The number of esters is 1. The molecule has 0 saturated carbocycles. The number of hydrogen-bond donors (Lipinski definition) is 2. The average molecular weight is 577 g/mol. The molecule has 11 heteroatoms. The second kappa shape index (κ2) is 13.9. The van der Waals surface area contributed by atoms with Gasteiger partial charge in [-0.05, 0) is 61.8 Å². The van der Waals surface area contributed by atoms with Gasteiger partial charge in [-0.25, -0.2) is 9.80 Å². The van der Waals surface area contributed by atoms with Gasteiger partial charge in [-0.3, -0.25) is 29.0 Å². The van der Waals surface area contributed by atoms with E-state index in [0.717, 1.165) is 5.01 Å². The highest BCUT2D eigenvalue weighted by Crippen LogP contribution is 2.32. The molecule has 2 aromatic rings. The number of nitrogens with one attached hydrogen (secondary N) is 1. The fraction of sp³-hybridized carbons (Fsp3) is 0.419. The predicted molar refractivity (Wildman–Crippen MR) is 151 cm³/mol. The number of ketones is 1. The normalized spacial score (nSPS) is 21.1. The summed E-state index contributed by atoms with van der Waals surface area (Å²) in [6.45, 7) is 1.88. The number of carbonyl (C=O) groups is 6. The fourth-order valence-corrected chi connectivity index (χ4v) is 5.51. The summed E-state index contributed by atoms with van der Waals surface area (Å²) in [5.74, 6) is -2.88. The Hall–Kier alpha value is -4.54. The van der Waals surface area contributed by atoms with Crippen LogP contribution in [0.4, 0.5) is 0 Å². The van der Waals surface area contributed by atoms with Gasteiger partial charge in [0.2, 0.25) is 11.8 Å². The lowest BCUT2D eigenvalue weighted by atomic mass is 9.85. The van der Waals surface area contributed by atoms with E-state index in [-0.39, 0.29) is 62.4 Å². The molecule has 0 aliphatic carbocycles. The van der Waals surface area contributed by atoms with Crippen LogP contribution >= 0.6 is 0 Å². The number of nitrogens with two attached hydrogens (primary N) is 1. The number of benzene rings is 2. The minimum atomic E-state index is -1.04. The van der Waals surface area contributed by atoms with E-state index in [4.69, 9.17) is 10.5 Å². The van der Waals surface area contributed by atoms with Gasteiger partial charge in [-0.1, -0.05) is 43.3 Å². The first-order valence-corrected chi connectivity index (χ1v) is 14.2. The summed E-state index contributed by atoms with van der Waals surface area (Å²) in [5, 5.41) is 5.16. The van der Waals surface area contributed by atoms with Gasteiger partial charge in [-0.15, -0.1) is 0 Å². The molecule has 3 N–H and O–H groups in total. The van der Waals surface area contributed by atoms with Crippen molar-refractivity contribution in [3.8, 4) is 0 Å². The Morgan fingerprint density at radius 1 is 1.00 bits per heavy atom. The van der Waals surface area contributed by atoms with Crippen LogP contribution in [0.15, 0.2) is 60.7 Å². The van der Waals surface area contributed by atoms with Crippen molar-refractivity contribution in [3.63, 3.8) is 0 Å². The minimum Gasteiger partial charge on any atom is -0.454 e. The van der Waals surface area contributed by atoms with Crippen molar-refractivity contribution >= 4 is 35.4 Å². The summed E-state index contributed by atoms with van der Waals surface area (Å²) in [6.07, 6.45) is 1.73. The molecule has 0 bridgehead atoms. The number of hydrazine groups is 1. The van der Waals surface area contributed by atoms with E-state index in [1.807, 2.05) is 6.92 Å². The standard InChI is InChI=1S/C31H36N4O7/c1-20(12-13-24(36)19-42-31(41)23-10-6-3-7-11-23)16-21-17-26(28(32)38)35-30(40)25(14-15-27(37)34(35)18-21)33-29(39)22-8-4-2-5-9-22/h2-11,20-21,25-26H,12-19H2,1H3,(H2,32,38)(H,33,39)/t20?,21?,25-,26-/m0/s1. The summed E-state index contributed by atoms with van der Waals surface area (Å²) < 4.78 is 5.12. The first kappa shape index (κ1) is 30.4. The summed E-state index contributed by atoms with van der Waals surface area (Å²) in [6, 6.07) is 14.8. The number of rotatable bonds is 11. The maximum Gasteiger partial charge on any atom is 0.338 e. The quantitative estimate of drug-likeness (QED) is 0.389. The third-order valence-corrected chi connectivity index (χ3v) is 7.70. The molecule has 0 radical (unpaired) electrons. The van der Waals surface area contributed by atoms with Crippen molar-refractivity contribution < 1.29 is 33.5 Å². The van der Waals surface area contributed by atoms with E-state index in [1.54, 1.807) is 60.7 Å². The molecule has 2 aromatic carbocycles. The van der Waals surface area contributed by atoms with Crippen molar-refractivity contribution in [1.29, 1.82) is 0 Å². The van der Waals surface area contributed by atoms with E-state index in [0.29, 0.717) is 24.0 Å². The van der Waals surface area contributed by atoms with Crippen LogP contribution in [-0.2, 0) is 23.9 Å². The van der Waals surface area contributed by atoms with E-state index in [2.05, 4.69) is 5.32 Å². The summed E-state index contributed by atoms with van der Waals surface area (Å²) >= 11 is 0. The van der Waals surface area contributed by atoms with Crippen molar-refractivity contribution in [2.45, 2.75) is 57.5 Å². The first-order chi connectivity index (χ1) is 20.1. The van der Waals surface area contributed by atoms with Gasteiger partial charge in [0.05, 0.1) is 5.56 Å².